The number of alkyl halides is 3. The molecule has 1 amide bonds. The van der Waals surface area contributed by atoms with Crippen LogP contribution < -0.4 is 11.1 Å². The fourth-order valence-electron chi connectivity index (χ4n) is 2.83. The lowest BCUT2D eigenvalue weighted by Gasteiger charge is -2.20. The maximum absolute atomic E-state index is 12.9. The Morgan fingerprint density at radius 1 is 1.15 bits per heavy atom. The topological polar surface area (TPSA) is 55.1 Å². The van der Waals surface area contributed by atoms with E-state index in [0.29, 0.717) is 17.7 Å². The zero-order valence-electron chi connectivity index (χ0n) is 13.9. The third-order valence-electron chi connectivity index (χ3n) is 4.40. The first-order valence-electron chi connectivity index (χ1n) is 8.15. The summed E-state index contributed by atoms with van der Waals surface area (Å²) < 4.78 is 38.8. The number of benzene rings is 2. The van der Waals surface area contributed by atoms with Crippen LogP contribution in [-0.4, -0.2) is 5.91 Å². The fraction of sp³-hybridized carbons (Fsp3) is 0.316. The van der Waals surface area contributed by atoms with Crippen molar-refractivity contribution in [1.82, 2.24) is 5.32 Å². The van der Waals surface area contributed by atoms with Crippen LogP contribution in [0.1, 0.15) is 45.9 Å². The molecule has 3 N–H and O–H groups in total. The lowest BCUT2D eigenvalue weighted by molar-refractivity contribution is -0.137. The number of nitrogens with one attached hydrogen (secondary N) is 1. The van der Waals surface area contributed by atoms with E-state index in [9.17, 15) is 18.0 Å². The highest BCUT2D eigenvalue weighted by Crippen LogP contribution is 2.42. The summed E-state index contributed by atoms with van der Waals surface area (Å²) in [6.45, 7) is 0.386. The van der Waals surface area contributed by atoms with Crippen molar-refractivity contribution < 1.29 is 18.0 Å². The highest BCUT2D eigenvalue weighted by atomic mass is 35.5. The predicted octanol–water partition coefficient (Wildman–Crippen LogP) is 4.47. The number of carbonyl (C=O) groups excluding carboxylic acids is 1. The van der Waals surface area contributed by atoms with E-state index in [2.05, 4.69) is 5.32 Å². The molecule has 1 unspecified atom stereocenters. The van der Waals surface area contributed by atoms with E-state index in [1.807, 2.05) is 0 Å². The van der Waals surface area contributed by atoms with Crippen molar-refractivity contribution >= 4 is 18.3 Å². The molecule has 7 heteroatoms. The molecule has 0 radical (unpaired) electrons. The minimum atomic E-state index is -4.40. The SMILES string of the molecule is Cl.NCc1ccc(C(=O)NC(c2cccc(C(F)(F)F)c2)C2CC2)cc1. The zero-order valence-corrected chi connectivity index (χ0v) is 14.7. The van der Waals surface area contributed by atoms with Crippen LogP contribution in [0.25, 0.3) is 0 Å². The number of rotatable bonds is 5. The average molecular weight is 385 g/mol. The number of amides is 1. The normalized spacial score (nSPS) is 15.1. The van der Waals surface area contributed by atoms with Gasteiger partial charge in [-0.1, -0.05) is 24.3 Å². The van der Waals surface area contributed by atoms with Crippen LogP contribution in [0.15, 0.2) is 48.5 Å². The van der Waals surface area contributed by atoms with Gasteiger partial charge in [-0.05, 0) is 54.2 Å². The second-order valence-electron chi connectivity index (χ2n) is 6.31. The van der Waals surface area contributed by atoms with Crippen LogP contribution in [0, 0.1) is 5.92 Å². The van der Waals surface area contributed by atoms with Gasteiger partial charge in [0.25, 0.3) is 5.91 Å². The van der Waals surface area contributed by atoms with Gasteiger partial charge in [0, 0.05) is 12.1 Å². The molecule has 2 aromatic rings. The minimum Gasteiger partial charge on any atom is -0.345 e. The third kappa shape index (κ3) is 4.77. The average Bonchev–Trinajstić information content (AvgIpc) is 3.44. The van der Waals surface area contributed by atoms with E-state index in [-0.39, 0.29) is 24.2 Å². The van der Waals surface area contributed by atoms with Crippen LogP contribution in [0.4, 0.5) is 13.2 Å². The molecule has 140 valence electrons. The van der Waals surface area contributed by atoms with Gasteiger partial charge in [0.2, 0.25) is 0 Å². The van der Waals surface area contributed by atoms with Gasteiger partial charge in [0.1, 0.15) is 0 Å². The number of carbonyl (C=O) groups is 1. The molecular formula is C19H20ClF3N2O. The van der Waals surface area contributed by atoms with Crippen molar-refractivity contribution in [3.05, 3.63) is 70.8 Å². The monoisotopic (exact) mass is 384 g/mol. The van der Waals surface area contributed by atoms with E-state index in [0.717, 1.165) is 30.5 Å². The highest BCUT2D eigenvalue weighted by molar-refractivity contribution is 5.94. The van der Waals surface area contributed by atoms with Crippen molar-refractivity contribution in [3.8, 4) is 0 Å². The Morgan fingerprint density at radius 3 is 2.35 bits per heavy atom. The zero-order chi connectivity index (χ0) is 18.0. The molecule has 0 spiro atoms. The molecule has 1 aliphatic rings. The lowest BCUT2D eigenvalue weighted by Crippen LogP contribution is -2.30. The number of hydrogen-bond donors (Lipinski definition) is 2. The molecule has 1 aliphatic carbocycles. The quantitative estimate of drug-likeness (QED) is 0.799. The number of hydrogen-bond acceptors (Lipinski definition) is 2. The van der Waals surface area contributed by atoms with Crippen molar-refractivity contribution in [2.45, 2.75) is 31.6 Å². The second-order valence-corrected chi connectivity index (χ2v) is 6.31. The van der Waals surface area contributed by atoms with Gasteiger partial charge >= 0.3 is 6.18 Å². The summed E-state index contributed by atoms with van der Waals surface area (Å²) in [5.41, 5.74) is 6.71. The van der Waals surface area contributed by atoms with Crippen molar-refractivity contribution in [2.75, 3.05) is 0 Å². The van der Waals surface area contributed by atoms with Gasteiger partial charge in [0.05, 0.1) is 11.6 Å². The first-order chi connectivity index (χ1) is 11.9. The summed E-state index contributed by atoms with van der Waals surface area (Å²) in [6, 6.07) is 11.7. The van der Waals surface area contributed by atoms with E-state index in [1.165, 1.54) is 6.07 Å². The van der Waals surface area contributed by atoms with Crippen molar-refractivity contribution in [2.24, 2.45) is 11.7 Å². The van der Waals surface area contributed by atoms with Gasteiger partial charge in [-0.3, -0.25) is 4.79 Å². The minimum absolute atomic E-state index is 0. The first kappa shape index (κ1) is 20.3. The molecule has 3 rings (SSSR count). The predicted molar refractivity (Wildman–Crippen MR) is 96.0 cm³/mol. The van der Waals surface area contributed by atoms with Crippen LogP contribution >= 0.6 is 12.4 Å². The van der Waals surface area contributed by atoms with E-state index in [4.69, 9.17) is 5.73 Å². The number of halogens is 4. The highest BCUT2D eigenvalue weighted by Gasteiger charge is 2.36. The van der Waals surface area contributed by atoms with E-state index >= 15 is 0 Å². The largest absolute Gasteiger partial charge is 0.416 e. The summed E-state index contributed by atoms with van der Waals surface area (Å²) in [5, 5.41) is 2.89. The Bertz CT molecular complexity index is 758. The molecule has 2 aromatic carbocycles. The Labute approximate surface area is 156 Å². The Hall–Kier alpha value is -2.05. The first-order valence-corrected chi connectivity index (χ1v) is 8.15. The number of nitrogens with two attached hydrogens (primary N) is 1. The molecule has 1 saturated carbocycles. The molecule has 0 bridgehead atoms. The Kier molecular flexibility index (Phi) is 6.31. The molecule has 0 aliphatic heterocycles. The summed E-state index contributed by atoms with van der Waals surface area (Å²) in [5.74, 6) is -0.117. The summed E-state index contributed by atoms with van der Waals surface area (Å²) >= 11 is 0. The van der Waals surface area contributed by atoms with Crippen molar-refractivity contribution in [3.63, 3.8) is 0 Å². The third-order valence-corrected chi connectivity index (χ3v) is 4.40. The van der Waals surface area contributed by atoms with Crippen LogP contribution in [0.5, 0.6) is 0 Å². The summed E-state index contributed by atoms with van der Waals surface area (Å²) in [7, 11) is 0. The van der Waals surface area contributed by atoms with Gasteiger partial charge in [-0.25, -0.2) is 0 Å². The van der Waals surface area contributed by atoms with Gasteiger partial charge in [0.15, 0.2) is 0 Å². The summed E-state index contributed by atoms with van der Waals surface area (Å²) in [6.07, 6.45) is -2.60. The van der Waals surface area contributed by atoms with Crippen LogP contribution in [0.2, 0.25) is 0 Å². The molecule has 0 aromatic heterocycles. The Balaban J connectivity index is 0.00000243. The van der Waals surface area contributed by atoms with Crippen LogP contribution in [-0.2, 0) is 12.7 Å². The molecule has 3 nitrogen and oxygen atoms in total. The lowest BCUT2D eigenvalue weighted by atomic mass is 9.99. The molecule has 0 saturated heterocycles. The standard InChI is InChI=1S/C19H19F3N2O.ClH/c20-19(21,22)16-3-1-2-15(10-16)17(13-8-9-13)24-18(25)14-6-4-12(11-23)5-7-14;/h1-7,10,13,17H,8-9,11,23H2,(H,24,25);1H. The second kappa shape index (κ2) is 8.10. The maximum Gasteiger partial charge on any atom is 0.416 e. The molecule has 0 heterocycles. The van der Waals surface area contributed by atoms with Crippen LogP contribution in [0.3, 0.4) is 0 Å². The molecule has 1 atom stereocenters. The van der Waals surface area contributed by atoms with E-state index < -0.39 is 17.8 Å². The molecule has 26 heavy (non-hydrogen) atoms. The van der Waals surface area contributed by atoms with Gasteiger partial charge in [-0.2, -0.15) is 13.2 Å². The fourth-order valence-corrected chi connectivity index (χ4v) is 2.83. The smallest absolute Gasteiger partial charge is 0.345 e. The van der Waals surface area contributed by atoms with E-state index in [1.54, 1.807) is 30.3 Å². The van der Waals surface area contributed by atoms with Gasteiger partial charge < -0.3 is 11.1 Å². The Morgan fingerprint density at radius 2 is 1.81 bits per heavy atom. The maximum atomic E-state index is 12.9. The summed E-state index contributed by atoms with van der Waals surface area (Å²) in [4.78, 5) is 12.5. The van der Waals surface area contributed by atoms with Gasteiger partial charge in [-0.15, -0.1) is 12.4 Å². The van der Waals surface area contributed by atoms with Crippen molar-refractivity contribution in [1.29, 1.82) is 0 Å². The molecule has 1 fully saturated rings. The molecular weight excluding hydrogens is 365 g/mol.